The first-order valence-electron chi connectivity index (χ1n) is 8.80. The van der Waals surface area contributed by atoms with Gasteiger partial charge in [0.25, 0.3) is 5.91 Å². The van der Waals surface area contributed by atoms with E-state index in [-0.39, 0.29) is 11.7 Å². The molecule has 0 N–H and O–H groups in total. The Labute approximate surface area is 146 Å². The Morgan fingerprint density at radius 1 is 1.24 bits per heavy atom. The molecule has 6 heteroatoms. The van der Waals surface area contributed by atoms with Crippen molar-refractivity contribution in [1.29, 1.82) is 0 Å². The van der Waals surface area contributed by atoms with Crippen LogP contribution in [0.1, 0.15) is 46.1 Å². The van der Waals surface area contributed by atoms with Crippen molar-refractivity contribution >= 4 is 5.91 Å². The van der Waals surface area contributed by atoms with Gasteiger partial charge in [0.1, 0.15) is 5.82 Å². The largest absolute Gasteiger partial charge is 0.376 e. The van der Waals surface area contributed by atoms with Crippen molar-refractivity contribution in [2.24, 2.45) is 7.05 Å². The van der Waals surface area contributed by atoms with E-state index < -0.39 is 0 Å². The lowest BCUT2D eigenvalue weighted by Gasteiger charge is -2.32. The lowest BCUT2D eigenvalue weighted by Crippen LogP contribution is -2.38. The number of aromatic nitrogens is 2. The molecule has 0 unspecified atom stereocenters. The van der Waals surface area contributed by atoms with Crippen LogP contribution in [-0.4, -0.2) is 40.3 Å². The third-order valence-electron chi connectivity index (χ3n) is 5.30. The smallest absolute Gasteiger partial charge is 0.253 e. The molecule has 25 heavy (non-hydrogen) atoms. The van der Waals surface area contributed by atoms with Gasteiger partial charge in [0.15, 0.2) is 0 Å². The normalized spacial score (nSPS) is 18.2. The number of aryl methyl sites for hydroxylation is 1. The average Bonchev–Trinajstić information content (AvgIpc) is 2.99. The van der Waals surface area contributed by atoms with E-state index >= 15 is 0 Å². The van der Waals surface area contributed by atoms with Crippen LogP contribution in [0.15, 0.2) is 24.3 Å². The fourth-order valence-electron chi connectivity index (χ4n) is 3.90. The summed E-state index contributed by atoms with van der Waals surface area (Å²) in [5.41, 5.74) is 4.22. The highest BCUT2D eigenvalue weighted by Gasteiger charge is 2.30. The second-order valence-corrected chi connectivity index (χ2v) is 6.81. The number of fused-ring (bicyclic) bond motifs is 1. The summed E-state index contributed by atoms with van der Waals surface area (Å²) in [6.07, 6.45) is 2.72. The zero-order valence-electron chi connectivity index (χ0n) is 14.4. The van der Waals surface area contributed by atoms with Gasteiger partial charge in [-0.25, -0.2) is 4.39 Å². The summed E-state index contributed by atoms with van der Waals surface area (Å²) in [7, 11) is 2.00. The molecule has 0 radical (unpaired) electrons. The SMILES string of the molecule is Cn1nc(C2CCN(C(=O)c3ccc(F)cc3)CC2)c2c1CCOC2. The number of halogens is 1. The molecule has 3 heterocycles. The lowest BCUT2D eigenvalue weighted by molar-refractivity contribution is 0.0710. The van der Waals surface area contributed by atoms with Gasteiger partial charge in [-0.05, 0) is 37.1 Å². The number of ether oxygens (including phenoxy) is 1. The van der Waals surface area contributed by atoms with Crippen LogP contribution >= 0.6 is 0 Å². The highest BCUT2D eigenvalue weighted by molar-refractivity contribution is 5.94. The van der Waals surface area contributed by atoms with Crippen LogP contribution in [0.5, 0.6) is 0 Å². The fourth-order valence-corrected chi connectivity index (χ4v) is 3.90. The van der Waals surface area contributed by atoms with Crippen molar-refractivity contribution in [3.8, 4) is 0 Å². The highest BCUT2D eigenvalue weighted by Crippen LogP contribution is 2.33. The molecule has 0 atom stereocenters. The van der Waals surface area contributed by atoms with Crippen molar-refractivity contribution in [3.63, 3.8) is 0 Å². The maximum Gasteiger partial charge on any atom is 0.253 e. The number of carbonyl (C=O) groups excluding carboxylic acids is 1. The molecule has 2 aliphatic rings. The van der Waals surface area contributed by atoms with Crippen LogP contribution in [0, 0.1) is 5.82 Å². The molecule has 0 aliphatic carbocycles. The van der Waals surface area contributed by atoms with E-state index in [9.17, 15) is 9.18 Å². The molecule has 0 bridgehead atoms. The van der Waals surface area contributed by atoms with E-state index in [2.05, 4.69) is 0 Å². The molecule has 5 nitrogen and oxygen atoms in total. The first kappa shape index (κ1) is 16.3. The van der Waals surface area contributed by atoms with E-state index in [1.165, 1.54) is 23.4 Å². The fraction of sp³-hybridized carbons (Fsp3) is 0.474. The number of piperidine rings is 1. The third-order valence-corrected chi connectivity index (χ3v) is 5.30. The Bertz CT molecular complexity index is 777. The van der Waals surface area contributed by atoms with Gasteiger partial charge in [0, 0.05) is 49.3 Å². The number of carbonyl (C=O) groups is 1. The molecule has 2 aromatic rings. The molecule has 0 spiro atoms. The van der Waals surface area contributed by atoms with E-state index in [1.54, 1.807) is 12.1 Å². The number of likely N-dealkylation sites (tertiary alicyclic amines) is 1. The van der Waals surface area contributed by atoms with Crippen LogP contribution < -0.4 is 0 Å². The van der Waals surface area contributed by atoms with Crippen molar-refractivity contribution in [1.82, 2.24) is 14.7 Å². The van der Waals surface area contributed by atoms with Crippen molar-refractivity contribution in [2.75, 3.05) is 19.7 Å². The van der Waals surface area contributed by atoms with Crippen LogP contribution in [0.3, 0.4) is 0 Å². The van der Waals surface area contributed by atoms with Gasteiger partial charge >= 0.3 is 0 Å². The molecule has 0 saturated carbocycles. The summed E-state index contributed by atoms with van der Waals surface area (Å²) < 4.78 is 20.6. The standard InChI is InChI=1S/C19H22FN3O2/c1-22-17-8-11-25-12-16(17)18(21-22)13-6-9-23(10-7-13)19(24)14-2-4-15(20)5-3-14/h2-5,13H,6-12H2,1H3. The highest BCUT2D eigenvalue weighted by atomic mass is 19.1. The molecule has 1 fully saturated rings. The van der Waals surface area contributed by atoms with Gasteiger partial charge in [-0.3, -0.25) is 9.48 Å². The van der Waals surface area contributed by atoms with Crippen molar-refractivity contribution in [2.45, 2.75) is 31.8 Å². The van der Waals surface area contributed by atoms with Crippen LogP contribution in [0.25, 0.3) is 0 Å². The first-order chi connectivity index (χ1) is 12.1. The molecule has 1 saturated heterocycles. The minimum absolute atomic E-state index is 0.0233. The number of hydrogen-bond donors (Lipinski definition) is 0. The summed E-state index contributed by atoms with van der Waals surface area (Å²) in [4.78, 5) is 14.4. The second-order valence-electron chi connectivity index (χ2n) is 6.81. The maximum atomic E-state index is 13.0. The zero-order chi connectivity index (χ0) is 17.4. The van der Waals surface area contributed by atoms with Crippen LogP contribution in [0.4, 0.5) is 4.39 Å². The van der Waals surface area contributed by atoms with Gasteiger partial charge in [0.05, 0.1) is 18.9 Å². The Hall–Kier alpha value is -2.21. The summed E-state index contributed by atoms with van der Waals surface area (Å²) in [6, 6.07) is 5.77. The lowest BCUT2D eigenvalue weighted by atomic mass is 9.90. The van der Waals surface area contributed by atoms with Gasteiger partial charge in [-0.15, -0.1) is 0 Å². The number of amides is 1. The molecule has 4 rings (SSSR count). The monoisotopic (exact) mass is 343 g/mol. The summed E-state index contributed by atoms with van der Waals surface area (Å²) in [5.74, 6) is 0.0242. The third kappa shape index (κ3) is 3.06. The predicted molar refractivity (Wildman–Crippen MR) is 90.8 cm³/mol. The average molecular weight is 343 g/mol. The minimum Gasteiger partial charge on any atom is -0.376 e. The van der Waals surface area contributed by atoms with Crippen molar-refractivity contribution < 1.29 is 13.9 Å². The summed E-state index contributed by atoms with van der Waals surface area (Å²) >= 11 is 0. The second kappa shape index (κ2) is 6.59. The molecular weight excluding hydrogens is 321 g/mol. The maximum absolute atomic E-state index is 13.0. The Balaban J connectivity index is 1.45. The molecule has 1 amide bonds. The summed E-state index contributed by atoms with van der Waals surface area (Å²) in [6.45, 7) is 2.81. The van der Waals surface area contributed by atoms with Crippen molar-refractivity contribution in [3.05, 3.63) is 52.6 Å². The molecular formula is C19H22FN3O2. The Morgan fingerprint density at radius 2 is 1.96 bits per heavy atom. The first-order valence-corrected chi connectivity index (χ1v) is 8.80. The quantitative estimate of drug-likeness (QED) is 0.842. The number of nitrogens with zero attached hydrogens (tertiary/aromatic N) is 3. The Morgan fingerprint density at radius 3 is 2.68 bits per heavy atom. The molecule has 132 valence electrons. The van der Waals surface area contributed by atoms with Gasteiger partial charge in [-0.1, -0.05) is 0 Å². The predicted octanol–water partition coefficient (Wildman–Crippen LogP) is 2.65. The van der Waals surface area contributed by atoms with E-state index in [1.807, 2.05) is 16.6 Å². The molecule has 1 aromatic carbocycles. The van der Waals surface area contributed by atoms with Gasteiger partial charge < -0.3 is 9.64 Å². The van der Waals surface area contributed by atoms with Crippen LogP contribution in [0.2, 0.25) is 0 Å². The van der Waals surface area contributed by atoms with E-state index in [4.69, 9.17) is 9.84 Å². The summed E-state index contributed by atoms with van der Waals surface area (Å²) in [5, 5.41) is 4.75. The Kier molecular flexibility index (Phi) is 4.29. The van der Waals surface area contributed by atoms with E-state index in [0.29, 0.717) is 31.2 Å². The van der Waals surface area contributed by atoms with Gasteiger partial charge in [-0.2, -0.15) is 5.10 Å². The topological polar surface area (TPSA) is 47.4 Å². The van der Waals surface area contributed by atoms with Crippen LogP contribution in [-0.2, 0) is 24.8 Å². The number of rotatable bonds is 2. The minimum atomic E-state index is -0.322. The van der Waals surface area contributed by atoms with Gasteiger partial charge in [0.2, 0.25) is 0 Å². The molecule has 2 aliphatic heterocycles. The van der Waals surface area contributed by atoms with E-state index in [0.717, 1.165) is 31.6 Å². The zero-order valence-corrected chi connectivity index (χ0v) is 14.4. The number of benzene rings is 1. The molecule has 1 aromatic heterocycles. The number of hydrogen-bond acceptors (Lipinski definition) is 3.